The van der Waals surface area contributed by atoms with E-state index in [2.05, 4.69) is 4.72 Å². The lowest BCUT2D eigenvalue weighted by atomic mass is 10.2. The lowest BCUT2D eigenvalue weighted by Gasteiger charge is -2.10. The van der Waals surface area contributed by atoms with E-state index in [1.807, 2.05) is 0 Å². The van der Waals surface area contributed by atoms with E-state index >= 15 is 0 Å². The maximum Gasteiger partial charge on any atom is 0.215 e. The Labute approximate surface area is 111 Å². The van der Waals surface area contributed by atoms with Crippen LogP contribution in [0.2, 0.25) is 5.02 Å². The second-order valence-corrected chi connectivity index (χ2v) is 6.36. The first kappa shape index (κ1) is 15.4. The SMILES string of the molecule is CC(CO)CNS(=O)(=O)Cc1ccc(F)c(Cl)c1. The van der Waals surface area contributed by atoms with Gasteiger partial charge in [-0.25, -0.2) is 17.5 Å². The number of hydrogen-bond donors (Lipinski definition) is 2. The highest BCUT2D eigenvalue weighted by Gasteiger charge is 2.13. The average Bonchev–Trinajstić information content (AvgIpc) is 2.30. The van der Waals surface area contributed by atoms with Crippen molar-refractivity contribution < 1.29 is 17.9 Å². The van der Waals surface area contributed by atoms with Crippen molar-refractivity contribution in [1.82, 2.24) is 4.72 Å². The summed E-state index contributed by atoms with van der Waals surface area (Å²) in [5.74, 6) is -1.01. The lowest BCUT2D eigenvalue weighted by molar-refractivity contribution is 0.238. The summed E-state index contributed by atoms with van der Waals surface area (Å²) in [6, 6.07) is 3.78. The summed E-state index contributed by atoms with van der Waals surface area (Å²) >= 11 is 5.57. The van der Waals surface area contributed by atoms with Crippen molar-refractivity contribution in [2.24, 2.45) is 5.92 Å². The molecule has 7 heteroatoms. The van der Waals surface area contributed by atoms with E-state index in [1.165, 1.54) is 12.1 Å². The van der Waals surface area contributed by atoms with Crippen molar-refractivity contribution in [2.75, 3.05) is 13.2 Å². The van der Waals surface area contributed by atoms with Gasteiger partial charge >= 0.3 is 0 Å². The van der Waals surface area contributed by atoms with Gasteiger partial charge in [0.05, 0.1) is 10.8 Å². The molecule has 0 saturated heterocycles. The van der Waals surface area contributed by atoms with Crippen LogP contribution in [0.15, 0.2) is 18.2 Å². The number of aliphatic hydroxyl groups excluding tert-OH is 1. The average molecular weight is 296 g/mol. The molecule has 1 rings (SSSR count). The molecule has 0 fully saturated rings. The van der Waals surface area contributed by atoms with Crippen LogP contribution in [0, 0.1) is 11.7 Å². The molecule has 0 radical (unpaired) electrons. The Kier molecular flexibility index (Phi) is 5.52. The molecule has 1 unspecified atom stereocenters. The van der Waals surface area contributed by atoms with Gasteiger partial charge < -0.3 is 5.11 Å². The van der Waals surface area contributed by atoms with Crippen molar-refractivity contribution in [3.05, 3.63) is 34.6 Å². The Balaban J connectivity index is 2.67. The standard InChI is InChI=1S/C11H15ClFNO3S/c1-8(6-15)5-14-18(16,17)7-9-2-3-11(13)10(12)4-9/h2-4,8,14-15H,5-7H2,1H3. The molecule has 1 aromatic carbocycles. The molecule has 0 amide bonds. The van der Waals surface area contributed by atoms with Crippen LogP contribution in [-0.2, 0) is 15.8 Å². The van der Waals surface area contributed by atoms with Crippen molar-refractivity contribution in [1.29, 1.82) is 0 Å². The number of halogens is 2. The van der Waals surface area contributed by atoms with E-state index in [4.69, 9.17) is 16.7 Å². The fraction of sp³-hybridized carbons (Fsp3) is 0.455. The van der Waals surface area contributed by atoms with Gasteiger partial charge in [-0.2, -0.15) is 0 Å². The smallest absolute Gasteiger partial charge is 0.215 e. The Morgan fingerprint density at radius 2 is 2.17 bits per heavy atom. The van der Waals surface area contributed by atoms with E-state index in [0.717, 1.165) is 6.07 Å². The predicted octanol–water partition coefficient (Wildman–Crippen LogP) is 1.53. The topological polar surface area (TPSA) is 66.4 Å². The number of rotatable bonds is 6. The highest BCUT2D eigenvalue weighted by Crippen LogP contribution is 2.17. The van der Waals surface area contributed by atoms with Crippen LogP contribution in [-0.4, -0.2) is 26.7 Å². The summed E-state index contributed by atoms with van der Waals surface area (Å²) in [7, 11) is -3.51. The molecule has 2 N–H and O–H groups in total. The molecule has 0 aliphatic heterocycles. The van der Waals surface area contributed by atoms with E-state index in [9.17, 15) is 12.8 Å². The van der Waals surface area contributed by atoms with E-state index in [0.29, 0.717) is 5.56 Å². The largest absolute Gasteiger partial charge is 0.396 e. The van der Waals surface area contributed by atoms with Gasteiger partial charge in [-0.3, -0.25) is 0 Å². The molecule has 1 aromatic rings. The Morgan fingerprint density at radius 1 is 1.50 bits per heavy atom. The minimum atomic E-state index is -3.51. The number of sulfonamides is 1. The van der Waals surface area contributed by atoms with Crippen molar-refractivity contribution in [3.8, 4) is 0 Å². The molecule has 0 heterocycles. The maximum absolute atomic E-state index is 12.9. The third-order valence-corrected chi connectivity index (χ3v) is 3.91. The normalized spacial score (nSPS) is 13.6. The Hall–Kier alpha value is -0.690. The molecule has 18 heavy (non-hydrogen) atoms. The van der Waals surface area contributed by atoms with Crippen LogP contribution in [0.1, 0.15) is 12.5 Å². The van der Waals surface area contributed by atoms with Crippen LogP contribution in [0.4, 0.5) is 4.39 Å². The number of nitrogens with one attached hydrogen (secondary N) is 1. The molecule has 102 valence electrons. The van der Waals surface area contributed by atoms with Gasteiger partial charge in [-0.1, -0.05) is 24.6 Å². The minimum absolute atomic E-state index is 0.0924. The summed E-state index contributed by atoms with van der Waals surface area (Å²) in [6.07, 6.45) is 0. The highest BCUT2D eigenvalue weighted by atomic mass is 35.5. The van der Waals surface area contributed by atoms with E-state index < -0.39 is 15.8 Å². The zero-order valence-electron chi connectivity index (χ0n) is 9.86. The molecule has 4 nitrogen and oxygen atoms in total. The molecular formula is C11H15ClFNO3S. The number of benzene rings is 1. The van der Waals surface area contributed by atoms with Gasteiger partial charge in [0.2, 0.25) is 10.0 Å². The Bertz CT molecular complexity index is 507. The summed E-state index contributed by atoms with van der Waals surface area (Å²) in [5.41, 5.74) is 0.408. The third-order valence-electron chi connectivity index (χ3n) is 2.30. The summed E-state index contributed by atoms with van der Waals surface area (Å²) in [5, 5.41) is 8.69. The molecule has 0 spiro atoms. The van der Waals surface area contributed by atoms with Crippen LogP contribution >= 0.6 is 11.6 Å². The molecule has 0 aliphatic rings. The van der Waals surface area contributed by atoms with Crippen molar-refractivity contribution in [3.63, 3.8) is 0 Å². The summed E-state index contributed by atoms with van der Waals surface area (Å²) in [4.78, 5) is 0. The first-order chi connectivity index (χ1) is 8.34. The van der Waals surface area contributed by atoms with E-state index in [1.54, 1.807) is 6.92 Å². The quantitative estimate of drug-likeness (QED) is 0.836. The predicted molar refractivity (Wildman–Crippen MR) is 68.3 cm³/mol. The third kappa shape index (κ3) is 4.89. The minimum Gasteiger partial charge on any atom is -0.396 e. The number of hydrogen-bond acceptors (Lipinski definition) is 3. The zero-order valence-corrected chi connectivity index (χ0v) is 11.4. The molecular weight excluding hydrogens is 281 g/mol. The van der Waals surface area contributed by atoms with Gasteiger partial charge in [0.1, 0.15) is 5.82 Å². The maximum atomic E-state index is 12.9. The van der Waals surface area contributed by atoms with Crippen LogP contribution in [0.3, 0.4) is 0 Å². The lowest BCUT2D eigenvalue weighted by Crippen LogP contribution is -2.30. The van der Waals surface area contributed by atoms with E-state index in [-0.39, 0.29) is 29.8 Å². The van der Waals surface area contributed by atoms with Crippen molar-refractivity contribution in [2.45, 2.75) is 12.7 Å². The van der Waals surface area contributed by atoms with Gasteiger partial charge in [0.25, 0.3) is 0 Å². The summed E-state index contributed by atoms with van der Waals surface area (Å²) in [6.45, 7) is 1.79. The molecule has 0 bridgehead atoms. The fourth-order valence-electron chi connectivity index (χ4n) is 1.23. The summed E-state index contributed by atoms with van der Waals surface area (Å²) < 4.78 is 38.6. The van der Waals surface area contributed by atoms with Gasteiger partial charge in [-0.15, -0.1) is 0 Å². The van der Waals surface area contributed by atoms with Crippen LogP contribution in [0.5, 0.6) is 0 Å². The first-order valence-electron chi connectivity index (χ1n) is 5.36. The van der Waals surface area contributed by atoms with Gasteiger partial charge in [0.15, 0.2) is 0 Å². The van der Waals surface area contributed by atoms with Crippen molar-refractivity contribution >= 4 is 21.6 Å². The second kappa shape index (κ2) is 6.47. The molecule has 1 atom stereocenters. The Morgan fingerprint density at radius 3 is 2.72 bits per heavy atom. The highest BCUT2D eigenvalue weighted by molar-refractivity contribution is 7.88. The first-order valence-corrected chi connectivity index (χ1v) is 7.39. The van der Waals surface area contributed by atoms with Gasteiger partial charge in [0, 0.05) is 13.2 Å². The number of aliphatic hydroxyl groups is 1. The fourth-order valence-corrected chi connectivity index (χ4v) is 2.70. The van der Waals surface area contributed by atoms with Crippen LogP contribution in [0.25, 0.3) is 0 Å². The second-order valence-electron chi connectivity index (χ2n) is 4.14. The zero-order chi connectivity index (χ0) is 13.8. The monoisotopic (exact) mass is 295 g/mol. The molecule has 0 aliphatic carbocycles. The molecule has 0 aromatic heterocycles. The van der Waals surface area contributed by atoms with Crippen LogP contribution < -0.4 is 4.72 Å². The van der Waals surface area contributed by atoms with Gasteiger partial charge in [-0.05, 0) is 23.6 Å². The molecule has 0 saturated carbocycles.